The Balaban J connectivity index is 2.20. The minimum absolute atomic E-state index is 0.0208. The van der Waals surface area contributed by atoms with Crippen molar-refractivity contribution >= 4 is 21.4 Å². The van der Waals surface area contributed by atoms with Crippen LogP contribution >= 0.6 is 0 Å². The maximum Gasteiger partial charge on any atom is 0.274 e. The molecule has 2 rings (SSSR count). The number of amides is 1. The first-order valence-electron chi connectivity index (χ1n) is 5.57. The fourth-order valence-corrected chi connectivity index (χ4v) is 3.90. The minimum Gasteiger partial charge on any atom is -0.396 e. The van der Waals surface area contributed by atoms with Crippen LogP contribution in [0.5, 0.6) is 0 Å². The first kappa shape index (κ1) is 12.9. The van der Waals surface area contributed by atoms with Crippen LogP contribution in [0.25, 0.3) is 0 Å². The van der Waals surface area contributed by atoms with Gasteiger partial charge in [-0.05, 0) is 6.42 Å². The molecule has 1 aromatic rings. The Morgan fingerprint density at radius 1 is 1.61 bits per heavy atom. The lowest BCUT2D eigenvalue weighted by atomic mass is 10.2. The van der Waals surface area contributed by atoms with Crippen molar-refractivity contribution in [2.75, 3.05) is 24.3 Å². The van der Waals surface area contributed by atoms with Gasteiger partial charge in [0.05, 0.1) is 23.4 Å². The monoisotopic (exact) mass is 272 g/mol. The molecule has 0 spiro atoms. The smallest absolute Gasteiger partial charge is 0.274 e. The number of sulfone groups is 1. The lowest BCUT2D eigenvalue weighted by Crippen LogP contribution is -2.39. The summed E-state index contributed by atoms with van der Waals surface area (Å²) in [5, 5.41) is 3.90. The summed E-state index contributed by atoms with van der Waals surface area (Å²) < 4.78 is 24.2. The first-order valence-corrected chi connectivity index (χ1v) is 7.39. The third-order valence-corrected chi connectivity index (χ3v) is 5.00. The van der Waals surface area contributed by atoms with Crippen LogP contribution in [0.3, 0.4) is 0 Å². The molecule has 0 aliphatic carbocycles. The van der Waals surface area contributed by atoms with Crippen LogP contribution in [0.1, 0.15) is 16.9 Å². The first-order chi connectivity index (χ1) is 8.32. The van der Waals surface area contributed by atoms with Crippen molar-refractivity contribution in [3.8, 4) is 0 Å². The lowest BCUT2D eigenvalue weighted by Gasteiger charge is -2.23. The molecule has 0 bridgehead atoms. The number of rotatable bonds is 2. The number of hydrogen-bond donors (Lipinski definition) is 1. The maximum atomic E-state index is 12.2. The molecule has 18 heavy (non-hydrogen) atoms. The molecule has 7 nitrogen and oxygen atoms in total. The zero-order valence-corrected chi connectivity index (χ0v) is 11.1. The van der Waals surface area contributed by atoms with Gasteiger partial charge in [-0.1, -0.05) is 0 Å². The Morgan fingerprint density at radius 3 is 2.72 bits per heavy atom. The molecule has 0 radical (unpaired) electrons. The van der Waals surface area contributed by atoms with Crippen molar-refractivity contribution in [3.63, 3.8) is 0 Å². The van der Waals surface area contributed by atoms with Crippen molar-refractivity contribution in [2.45, 2.75) is 12.5 Å². The van der Waals surface area contributed by atoms with Crippen molar-refractivity contribution in [1.29, 1.82) is 0 Å². The van der Waals surface area contributed by atoms with E-state index in [-0.39, 0.29) is 23.5 Å². The standard InChI is InChI=1S/C10H16N4O3S/c1-13(7-3-4-18(16,17)6-7)10(15)9-8(11)5-12-14(9)2/h5,7H,3-4,6,11H2,1-2H3. The van der Waals surface area contributed by atoms with E-state index in [9.17, 15) is 13.2 Å². The van der Waals surface area contributed by atoms with E-state index in [4.69, 9.17) is 5.73 Å². The van der Waals surface area contributed by atoms with Gasteiger partial charge in [0, 0.05) is 20.1 Å². The average molecular weight is 272 g/mol. The van der Waals surface area contributed by atoms with Gasteiger partial charge in [0.25, 0.3) is 5.91 Å². The van der Waals surface area contributed by atoms with Gasteiger partial charge in [0.2, 0.25) is 0 Å². The van der Waals surface area contributed by atoms with Crippen LogP contribution in [0.4, 0.5) is 5.69 Å². The average Bonchev–Trinajstić information content (AvgIpc) is 2.80. The van der Waals surface area contributed by atoms with E-state index in [0.29, 0.717) is 17.8 Å². The molecule has 1 aliphatic heterocycles. The van der Waals surface area contributed by atoms with E-state index in [1.54, 1.807) is 14.1 Å². The molecule has 1 amide bonds. The van der Waals surface area contributed by atoms with Gasteiger partial charge in [-0.15, -0.1) is 0 Å². The number of aromatic nitrogens is 2. The Hall–Kier alpha value is -1.57. The molecule has 1 saturated heterocycles. The second kappa shape index (κ2) is 4.27. The molecule has 8 heteroatoms. The number of nitrogens with two attached hydrogens (primary N) is 1. The molecule has 100 valence electrons. The predicted octanol–water partition coefficient (Wildman–Crippen LogP) is -0.739. The summed E-state index contributed by atoms with van der Waals surface area (Å²) in [5.74, 6) is -0.141. The zero-order valence-electron chi connectivity index (χ0n) is 10.3. The van der Waals surface area contributed by atoms with Gasteiger partial charge < -0.3 is 10.6 Å². The highest BCUT2D eigenvalue weighted by molar-refractivity contribution is 7.91. The molecular formula is C10H16N4O3S. The van der Waals surface area contributed by atoms with Gasteiger partial charge in [-0.25, -0.2) is 8.42 Å². The quantitative estimate of drug-likeness (QED) is 0.764. The summed E-state index contributed by atoms with van der Waals surface area (Å²) in [5.41, 5.74) is 6.28. The fraction of sp³-hybridized carbons (Fsp3) is 0.600. The summed E-state index contributed by atoms with van der Waals surface area (Å²) in [6, 6.07) is -0.281. The van der Waals surface area contributed by atoms with E-state index < -0.39 is 9.84 Å². The SMILES string of the molecule is CN(C(=O)c1c(N)cnn1C)C1CCS(=O)(=O)C1. The third-order valence-electron chi connectivity index (χ3n) is 3.25. The second-order valence-corrected chi connectivity index (χ2v) is 6.77. The highest BCUT2D eigenvalue weighted by atomic mass is 32.2. The Kier molecular flexibility index (Phi) is 3.05. The van der Waals surface area contributed by atoms with Crippen molar-refractivity contribution in [1.82, 2.24) is 14.7 Å². The number of carbonyl (C=O) groups excluding carboxylic acids is 1. The van der Waals surface area contributed by atoms with Gasteiger partial charge in [0.1, 0.15) is 5.69 Å². The third kappa shape index (κ3) is 2.20. The normalized spacial score (nSPS) is 22.0. The molecule has 1 aromatic heterocycles. The molecule has 0 saturated carbocycles. The number of nitrogens with zero attached hydrogens (tertiary/aromatic N) is 3. The molecule has 2 heterocycles. The van der Waals surface area contributed by atoms with Crippen LogP contribution in [0.2, 0.25) is 0 Å². The maximum absolute atomic E-state index is 12.2. The van der Waals surface area contributed by atoms with E-state index >= 15 is 0 Å². The highest BCUT2D eigenvalue weighted by Crippen LogP contribution is 2.20. The van der Waals surface area contributed by atoms with Crippen LogP contribution in [0, 0.1) is 0 Å². The van der Waals surface area contributed by atoms with E-state index in [1.807, 2.05) is 0 Å². The van der Waals surface area contributed by atoms with Crippen LogP contribution in [0.15, 0.2) is 6.20 Å². The Morgan fingerprint density at radius 2 is 2.28 bits per heavy atom. The van der Waals surface area contributed by atoms with Crippen LogP contribution in [-0.2, 0) is 16.9 Å². The van der Waals surface area contributed by atoms with Gasteiger partial charge in [-0.2, -0.15) is 5.10 Å². The van der Waals surface area contributed by atoms with E-state index in [1.165, 1.54) is 15.8 Å². The minimum atomic E-state index is -3.01. The number of anilines is 1. The number of aryl methyl sites for hydroxylation is 1. The molecule has 1 atom stereocenters. The topological polar surface area (TPSA) is 98.3 Å². The Bertz CT molecular complexity index is 558. The summed E-state index contributed by atoms with van der Waals surface area (Å²) in [6.45, 7) is 0. The largest absolute Gasteiger partial charge is 0.396 e. The van der Waals surface area contributed by atoms with Crippen molar-refractivity contribution in [3.05, 3.63) is 11.9 Å². The fourth-order valence-electron chi connectivity index (χ4n) is 2.13. The molecule has 1 fully saturated rings. The van der Waals surface area contributed by atoms with Gasteiger partial charge >= 0.3 is 0 Å². The van der Waals surface area contributed by atoms with Crippen LogP contribution < -0.4 is 5.73 Å². The lowest BCUT2D eigenvalue weighted by molar-refractivity contribution is 0.0737. The number of hydrogen-bond acceptors (Lipinski definition) is 5. The highest BCUT2D eigenvalue weighted by Gasteiger charge is 2.34. The molecular weight excluding hydrogens is 256 g/mol. The second-order valence-electron chi connectivity index (χ2n) is 4.55. The number of carbonyl (C=O) groups is 1. The molecule has 0 aromatic carbocycles. The zero-order chi connectivity index (χ0) is 13.5. The van der Waals surface area contributed by atoms with Crippen molar-refractivity contribution in [2.24, 2.45) is 7.05 Å². The summed E-state index contributed by atoms with van der Waals surface area (Å²) in [7, 11) is 0.215. The predicted molar refractivity (Wildman–Crippen MR) is 66.8 cm³/mol. The number of nitrogen functional groups attached to an aromatic ring is 1. The van der Waals surface area contributed by atoms with Crippen LogP contribution in [-0.4, -0.2) is 53.6 Å². The summed E-state index contributed by atoms with van der Waals surface area (Å²) in [4.78, 5) is 13.7. The summed E-state index contributed by atoms with van der Waals surface area (Å²) >= 11 is 0. The summed E-state index contributed by atoms with van der Waals surface area (Å²) in [6.07, 6.45) is 1.88. The Labute approximate surface area is 105 Å². The molecule has 1 unspecified atom stereocenters. The molecule has 2 N–H and O–H groups in total. The van der Waals surface area contributed by atoms with E-state index in [2.05, 4.69) is 5.10 Å². The van der Waals surface area contributed by atoms with Gasteiger partial charge in [0.15, 0.2) is 9.84 Å². The van der Waals surface area contributed by atoms with E-state index in [0.717, 1.165) is 0 Å². The van der Waals surface area contributed by atoms with Crippen molar-refractivity contribution < 1.29 is 13.2 Å². The van der Waals surface area contributed by atoms with Gasteiger partial charge in [-0.3, -0.25) is 9.48 Å². The molecule has 1 aliphatic rings.